The third-order valence-electron chi connectivity index (χ3n) is 7.81. The van der Waals surface area contributed by atoms with E-state index in [0.29, 0.717) is 38.9 Å². The summed E-state index contributed by atoms with van der Waals surface area (Å²) in [5.74, 6) is -0.222. The van der Waals surface area contributed by atoms with Crippen molar-refractivity contribution in [3.05, 3.63) is 29.6 Å². The molecule has 8 heteroatoms. The molecule has 1 spiro atoms. The second-order valence-electron chi connectivity index (χ2n) is 9.67. The lowest BCUT2D eigenvalue weighted by Crippen LogP contribution is -2.52. The van der Waals surface area contributed by atoms with E-state index in [0.717, 1.165) is 56.4 Å². The molecule has 4 aliphatic heterocycles. The monoisotopic (exact) mass is 445 g/mol. The van der Waals surface area contributed by atoms with Gasteiger partial charge in [0.15, 0.2) is 0 Å². The largest absolute Gasteiger partial charge is 0.444 e. The van der Waals surface area contributed by atoms with Gasteiger partial charge in [-0.2, -0.15) is 0 Å². The summed E-state index contributed by atoms with van der Waals surface area (Å²) in [6.45, 7) is 6.68. The molecule has 4 heterocycles. The third kappa shape index (κ3) is 3.99. The Hall–Kier alpha value is -2.19. The number of anilines is 1. The van der Waals surface area contributed by atoms with Crippen LogP contribution >= 0.6 is 0 Å². The first-order valence-electron chi connectivity index (χ1n) is 11.8. The van der Waals surface area contributed by atoms with Gasteiger partial charge in [0.2, 0.25) is 5.91 Å². The van der Waals surface area contributed by atoms with Crippen LogP contribution < -0.4 is 4.90 Å². The van der Waals surface area contributed by atoms with Gasteiger partial charge in [-0.05, 0) is 62.5 Å². The molecule has 7 nitrogen and oxygen atoms in total. The molecule has 0 bridgehead atoms. The van der Waals surface area contributed by atoms with E-state index in [1.807, 2.05) is 9.80 Å². The quantitative estimate of drug-likeness (QED) is 0.701. The van der Waals surface area contributed by atoms with Gasteiger partial charge in [-0.1, -0.05) is 0 Å². The van der Waals surface area contributed by atoms with Crippen molar-refractivity contribution in [1.29, 1.82) is 0 Å². The lowest BCUT2D eigenvalue weighted by atomic mass is 9.74. The molecule has 5 rings (SSSR count). The second-order valence-corrected chi connectivity index (χ2v) is 9.67. The predicted octanol–water partition coefficient (Wildman–Crippen LogP) is 2.92. The van der Waals surface area contributed by atoms with Gasteiger partial charge in [0.05, 0.1) is 13.2 Å². The van der Waals surface area contributed by atoms with E-state index in [1.54, 1.807) is 19.1 Å². The predicted molar refractivity (Wildman–Crippen MR) is 117 cm³/mol. The van der Waals surface area contributed by atoms with Gasteiger partial charge in [0.25, 0.3) is 0 Å². The number of amides is 2. The minimum atomic E-state index is -0.237. The van der Waals surface area contributed by atoms with E-state index in [4.69, 9.17) is 9.47 Å². The average Bonchev–Trinajstić information content (AvgIpc) is 3.41. The number of nitrogens with zero attached hydrogens (tertiary/aromatic N) is 3. The Bertz CT molecular complexity index is 872. The summed E-state index contributed by atoms with van der Waals surface area (Å²) in [5.41, 5.74) is 1.70. The van der Waals surface area contributed by atoms with E-state index < -0.39 is 0 Å². The molecule has 0 unspecified atom stereocenters. The van der Waals surface area contributed by atoms with Gasteiger partial charge >= 0.3 is 6.09 Å². The highest BCUT2D eigenvalue weighted by atomic mass is 19.1. The minimum absolute atomic E-state index is 0.0144. The molecule has 4 aliphatic rings. The first-order valence-corrected chi connectivity index (χ1v) is 11.8. The van der Waals surface area contributed by atoms with Crippen LogP contribution in [-0.4, -0.2) is 79.9 Å². The summed E-state index contributed by atoms with van der Waals surface area (Å²) in [6, 6.07) is 5.28. The molecule has 32 heavy (non-hydrogen) atoms. The van der Waals surface area contributed by atoms with Gasteiger partial charge in [-0.25, -0.2) is 9.18 Å². The number of carbonyl (C=O) groups is 2. The molecule has 3 saturated heterocycles. The first kappa shape index (κ1) is 21.6. The van der Waals surface area contributed by atoms with Crippen molar-refractivity contribution >= 4 is 17.7 Å². The van der Waals surface area contributed by atoms with Crippen molar-refractivity contribution in [3.8, 4) is 0 Å². The number of halogens is 1. The molecular formula is C24H32FN3O4. The van der Waals surface area contributed by atoms with E-state index in [-0.39, 0.29) is 29.3 Å². The fourth-order valence-electron chi connectivity index (χ4n) is 5.90. The standard InChI is InChI=1S/C24H32FN3O4/c1-17(29)28-16-24(21-14-18(25)2-3-22(21)28)7-11-26(12-8-24)19-4-9-27(10-5-19)23(30)32-20-6-13-31-15-20/h2-3,14,19-20H,4-13,15-16H2,1H3/t20-/m0/s1. The van der Waals surface area contributed by atoms with Gasteiger partial charge in [0, 0.05) is 50.1 Å². The molecule has 3 fully saturated rings. The van der Waals surface area contributed by atoms with Crippen LogP contribution in [0.5, 0.6) is 0 Å². The number of rotatable bonds is 2. The van der Waals surface area contributed by atoms with Crippen molar-refractivity contribution in [3.63, 3.8) is 0 Å². The topological polar surface area (TPSA) is 62.3 Å². The number of hydrogen-bond acceptors (Lipinski definition) is 5. The van der Waals surface area contributed by atoms with E-state index in [2.05, 4.69) is 4.90 Å². The molecule has 1 aromatic rings. The van der Waals surface area contributed by atoms with Crippen molar-refractivity contribution in [1.82, 2.24) is 9.80 Å². The molecular weight excluding hydrogens is 413 g/mol. The van der Waals surface area contributed by atoms with Gasteiger partial charge in [-0.3, -0.25) is 4.79 Å². The fourth-order valence-corrected chi connectivity index (χ4v) is 5.90. The Kier molecular flexibility index (Phi) is 5.84. The number of benzene rings is 1. The van der Waals surface area contributed by atoms with Crippen LogP contribution in [0.1, 0.15) is 44.6 Å². The maximum Gasteiger partial charge on any atom is 0.410 e. The van der Waals surface area contributed by atoms with Crippen LogP contribution in [0.15, 0.2) is 18.2 Å². The Labute approximate surface area is 188 Å². The van der Waals surface area contributed by atoms with Gasteiger partial charge < -0.3 is 24.2 Å². The van der Waals surface area contributed by atoms with Crippen LogP contribution in [0.2, 0.25) is 0 Å². The van der Waals surface area contributed by atoms with E-state index >= 15 is 0 Å². The molecule has 0 radical (unpaired) electrons. The molecule has 0 aliphatic carbocycles. The lowest BCUT2D eigenvalue weighted by molar-refractivity contribution is -0.116. The number of carbonyl (C=O) groups excluding carboxylic acids is 2. The summed E-state index contributed by atoms with van der Waals surface area (Å²) < 4.78 is 24.9. The lowest BCUT2D eigenvalue weighted by Gasteiger charge is -2.45. The smallest absolute Gasteiger partial charge is 0.410 e. The number of ether oxygens (including phenoxy) is 2. The number of piperidine rings is 2. The molecule has 0 N–H and O–H groups in total. The Balaban J connectivity index is 1.18. The number of hydrogen-bond donors (Lipinski definition) is 0. The number of fused-ring (bicyclic) bond motifs is 2. The highest BCUT2D eigenvalue weighted by Gasteiger charge is 2.46. The van der Waals surface area contributed by atoms with Crippen LogP contribution in [-0.2, 0) is 19.7 Å². The molecule has 0 aromatic heterocycles. The van der Waals surface area contributed by atoms with E-state index in [9.17, 15) is 14.0 Å². The minimum Gasteiger partial charge on any atom is -0.444 e. The van der Waals surface area contributed by atoms with Crippen LogP contribution in [0.4, 0.5) is 14.9 Å². The van der Waals surface area contributed by atoms with Crippen molar-refractivity contribution in [2.75, 3.05) is 50.8 Å². The zero-order valence-corrected chi connectivity index (χ0v) is 18.7. The van der Waals surface area contributed by atoms with Gasteiger partial charge in [0.1, 0.15) is 11.9 Å². The average molecular weight is 446 g/mol. The number of likely N-dealkylation sites (tertiary alicyclic amines) is 2. The summed E-state index contributed by atoms with van der Waals surface area (Å²) in [4.78, 5) is 30.8. The maximum atomic E-state index is 14.1. The van der Waals surface area contributed by atoms with E-state index in [1.165, 1.54) is 6.07 Å². The molecule has 0 saturated carbocycles. The Morgan fingerprint density at radius 1 is 1.12 bits per heavy atom. The second kappa shape index (κ2) is 8.63. The Morgan fingerprint density at radius 3 is 2.53 bits per heavy atom. The summed E-state index contributed by atoms with van der Waals surface area (Å²) >= 11 is 0. The van der Waals surface area contributed by atoms with Crippen LogP contribution in [0, 0.1) is 5.82 Å². The van der Waals surface area contributed by atoms with Crippen LogP contribution in [0.25, 0.3) is 0 Å². The maximum absolute atomic E-state index is 14.1. The van der Waals surface area contributed by atoms with Crippen LogP contribution in [0.3, 0.4) is 0 Å². The zero-order chi connectivity index (χ0) is 22.3. The summed E-state index contributed by atoms with van der Waals surface area (Å²) in [7, 11) is 0. The summed E-state index contributed by atoms with van der Waals surface area (Å²) in [5, 5.41) is 0. The van der Waals surface area contributed by atoms with Crippen molar-refractivity contribution in [2.24, 2.45) is 0 Å². The highest BCUT2D eigenvalue weighted by Crippen LogP contribution is 2.47. The normalized spacial score (nSPS) is 25.9. The molecule has 1 aromatic carbocycles. The van der Waals surface area contributed by atoms with Crippen molar-refractivity contribution < 1.29 is 23.5 Å². The first-order chi connectivity index (χ1) is 15.4. The Morgan fingerprint density at radius 2 is 1.88 bits per heavy atom. The molecule has 174 valence electrons. The van der Waals surface area contributed by atoms with Gasteiger partial charge in [-0.15, -0.1) is 0 Å². The molecule has 1 atom stereocenters. The summed E-state index contributed by atoms with van der Waals surface area (Å²) in [6.07, 6.45) is 4.17. The van der Waals surface area contributed by atoms with Crippen molar-refractivity contribution in [2.45, 2.75) is 56.6 Å². The SMILES string of the molecule is CC(=O)N1CC2(CCN(C3CCN(C(=O)O[C@H]4CCOC4)CC3)CC2)c2cc(F)ccc21. The fraction of sp³-hybridized carbons (Fsp3) is 0.667. The third-order valence-corrected chi connectivity index (χ3v) is 7.81. The molecule has 2 amide bonds. The highest BCUT2D eigenvalue weighted by molar-refractivity contribution is 5.94. The zero-order valence-electron chi connectivity index (χ0n) is 18.7.